The molecule has 0 saturated carbocycles. The summed E-state index contributed by atoms with van der Waals surface area (Å²) in [6.07, 6.45) is 1.68. The van der Waals surface area contributed by atoms with Gasteiger partial charge in [-0.05, 0) is 24.1 Å². The molecule has 2 aromatic heterocycles. The molecular weight excluding hydrogens is 340 g/mol. The Morgan fingerprint density at radius 3 is 2.63 bits per heavy atom. The van der Waals surface area contributed by atoms with Crippen LogP contribution in [0.1, 0.15) is 11.1 Å². The van der Waals surface area contributed by atoms with E-state index in [0.29, 0.717) is 12.1 Å². The summed E-state index contributed by atoms with van der Waals surface area (Å²) in [5.41, 5.74) is 3.35. The second-order valence-electron chi connectivity index (χ2n) is 6.64. The van der Waals surface area contributed by atoms with Gasteiger partial charge >= 0.3 is 0 Å². The van der Waals surface area contributed by atoms with Crippen LogP contribution in [-0.2, 0) is 24.9 Å². The van der Waals surface area contributed by atoms with E-state index < -0.39 is 0 Å². The van der Waals surface area contributed by atoms with Crippen LogP contribution in [0.15, 0.2) is 59.5 Å². The van der Waals surface area contributed by atoms with Crippen molar-refractivity contribution in [2.24, 2.45) is 7.05 Å². The van der Waals surface area contributed by atoms with Crippen molar-refractivity contribution in [3.05, 3.63) is 76.2 Å². The number of amides is 1. The first-order valence-corrected chi connectivity index (χ1v) is 8.80. The predicted octanol–water partition coefficient (Wildman–Crippen LogP) is 2.51. The zero-order valence-electron chi connectivity index (χ0n) is 15.3. The summed E-state index contributed by atoms with van der Waals surface area (Å²) in [4.78, 5) is 25.3. The Kier molecular flexibility index (Phi) is 4.24. The maximum atomic E-state index is 12.7. The molecule has 0 saturated heterocycles. The zero-order chi connectivity index (χ0) is 19.0. The molecule has 0 bridgehead atoms. The third kappa shape index (κ3) is 2.99. The third-order valence-corrected chi connectivity index (χ3v) is 4.91. The van der Waals surface area contributed by atoms with Gasteiger partial charge in [-0.3, -0.25) is 9.59 Å². The van der Waals surface area contributed by atoms with Crippen molar-refractivity contribution in [3.63, 3.8) is 0 Å². The lowest BCUT2D eigenvalue weighted by atomic mass is 10.1. The number of carbonyl (C=O) groups excluding carboxylic acids is 1. The second kappa shape index (κ2) is 6.72. The minimum atomic E-state index is -0.213. The summed E-state index contributed by atoms with van der Waals surface area (Å²) in [6, 6.07) is 15.6. The lowest BCUT2D eigenvalue weighted by Crippen LogP contribution is -2.29. The first kappa shape index (κ1) is 17.0. The van der Waals surface area contributed by atoms with Gasteiger partial charge in [0.05, 0.1) is 6.20 Å². The maximum absolute atomic E-state index is 12.7. The van der Waals surface area contributed by atoms with Gasteiger partial charge in [0.1, 0.15) is 12.1 Å². The van der Waals surface area contributed by atoms with E-state index in [1.807, 2.05) is 55.5 Å². The van der Waals surface area contributed by atoms with Crippen LogP contribution in [0, 0.1) is 6.92 Å². The number of nitrogens with one attached hydrogen (secondary N) is 1. The lowest BCUT2D eigenvalue weighted by molar-refractivity contribution is -0.121. The Bertz CT molecular complexity index is 1220. The Morgan fingerprint density at radius 1 is 1.07 bits per heavy atom. The van der Waals surface area contributed by atoms with Gasteiger partial charge in [-0.1, -0.05) is 42.5 Å². The Hall–Kier alpha value is -3.41. The molecule has 0 aliphatic heterocycles. The highest BCUT2D eigenvalue weighted by atomic mass is 16.2. The van der Waals surface area contributed by atoms with Crippen LogP contribution in [0.2, 0.25) is 0 Å². The zero-order valence-corrected chi connectivity index (χ0v) is 15.3. The SMILES string of the molecule is Cc1ccccc1CNC(=O)Cn1c2ccccc2c2cnn(C)c(=O)c21. The minimum Gasteiger partial charge on any atom is -0.350 e. The number of hydrogen-bond donors (Lipinski definition) is 1. The molecule has 6 nitrogen and oxygen atoms in total. The van der Waals surface area contributed by atoms with Gasteiger partial charge in [0.25, 0.3) is 5.56 Å². The van der Waals surface area contributed by atoms with Crippen molar-refractivity contribution in [1.82, 2.24) is 19.7 Å². The maximum Gasteiger partial charge on any atom is 0.291 e. The summed E-state index contributed by atoms with van der Waals surface area (Å²) in [7, 11) is 1.61. The molecule has 0 aliphatic rings. The van der Waals surface area contributed by atoms with Crippen LogP contribution >= 0.6 is 0 Å². The smallest absolute Gasteiger partial charge is 0.291 e. The number of carbonyl (C=O) groups is 1. The van der Waals surface area contributed by atoms with Crippen molar-refractivity contribution in [1.29, 1.82) is 0 Å². The number of benzene rings is 2. The number of para-hydroxylation sites is 1. The van der Waals surface area contributed by atoms with E-state index >= 15 is 0 Å². The van der Waals surface area contributed by atoms with Crippen LogP contribution in [-0.4, -0.2) is 20.3 Å². The van der Waals surface area contributed by atoms with Gasteiger partial charge in [-0.25, -0.2) is 4.68 Å². The Labute approximate surface area is 156 Å². The fourth-order valence-corrected chi connectivity index (χ4v) is 3.41. The normalized spacial score (nSPS) is 11.2. The standard InChI is InChI=1S/C21H20N4O2/c1-14-7-3-4-8-15(14)11-22-19(26)13-25-18-10-6-5-9-16(18)17-12-23-24(2)21(27)20(17)25/h3-10,12H,11,13H2,1-2H3,(H,22,26). The fraction of sp³-hybridized carbons (Fsp3) is 0.190. The van der Waals surface area contributed by atoms with Crippen LogP contribution in [0.4, 0.5) is 0 Å². The average molecular weight is 360 g/mol. The average Bonchev–Trinajstić information content (AvgIpc) is 2.98. The van der Waals surface area contributed by atoms with Crippen molar-refractivity contribution >= 4 is 27.7 Å². The molecule has 6 heteroatoms. The predicted molar refractivity (Wildman–Crippen MR) is 106 cm³/mol. The molecular formula is C21H20N4O2. The molecule has 1 amide bonds. The van der Waals surface area contributed by atoms with Crippen molar-refractivity contribution in [2.75, 3.05) is 0 Å². The summed E-state index contributed by atoms with van der Waals surface area (Å²) >= 11 is 0. The van der Waals surface area contributed by atoms with Gasteiger partial charge in [-0.15, -0.1) is 0 Å². The van der Waals surface area contributed by atoms with Crippen LogP contribution < -0.4 is 10.9 Å². The largest absolute Gasteiger partial charge is 0.350 e. The first-order valence-electron chi connectivity index (χ1n) is 8.80. The van der Waals surface area contributed by atoms with Crippen molar-refractivity contribution in [2.45, 2.75) is 20.0 Å². The number of fused-ring (bicyclic) bond motifs is 3. The van der Waals surface area contributed by atoms with Gasteiger partial charge in [-0.2, -0.15) is 5.10 Å². The van der Waals surface area contributed by atoms with Crippen molar-refractivity contribution in [3.8, 4) is 0 Å². The highest BCUT2D eigenvalue weighted by Crippen LogP contribution is 2.26. The highest BCUT2D eigenvalue weighted by Gasteiger charge is 2.16. The van der Waals surface area contributed by atoms with Crippen LogP contribution in [0.25, 0.3) is 21.8 Å². The molecule has 0 aliphatic carbocycles. The molecule has 0 fully saturated rings. The molecule has 2 heterocycles. The minimum absolute atomic E-state index is 0.0785. The second-order valence-corrected chi connectivity index (χ2v) is 6.64. The van der Waals surface area contributed by atoms with Crippen LogP contribution in [0.3, 0.4) is 0 Å². The fourth-order valence-electron chi connectivity index (χ4n) is 3.41. The van der Waals surface area contributed by atoms with E-state index in [0.717, 1.165) is 27.4 Å². The molecule has 4 aromatic rings. The number of hydrogen-bond acceptors (Lipinski definition) is 3. The molecule has 0 radical (unpaired) electrons. The first-order chi connectivity index (χ1) is 13.1. The van der Waals surface area contributed by atoms with Gasteiger partial charge in [0.15, 0.2) is 0 Å². The molecule has 0 unspecified atom stereocenters. The molecule has 2 aromatic carbocycles. The van der Waals surface area contributed by atoms with E-state index in [2.05, 4.69) is 10.4 Å². The molecule has 27 heavy (non-hydrogen) atoms. The monoisotopic (exact) mass is 360 g/mol. The molecule has 136 valence electrons. The van der Waals surface area contributed by atoms with E-state index in [4.69, 9.17) is 0 Å². The molecule has 1 N–H and O–H groups in total. The van der Waals surface area contributed by atoms with Crippen LogP contribution in [0.5, 0.6) is 0 Å². The summed E-state index contributed by atoms with van der Waals surface area (Å²) in [5, 5.41) is 8.77. The van der Waals surface area contributed by atoms with E-state index in [1.165, 1.54) is 4.68 Å². The van der Waals surface area contributed by atoms with Gasteiger partial charge in [0.2, 0.25) is 5.91 Å². The highest BCUT2D eigenvalue weighted by molar-refractivity contribution is 6.07. The van der Waals surface area contributed by atoms with E-state index in [1.54, 1.807) is 17.8 Å². The van der Waals surface area contributed by atoms with E-state index in [-0.39, 0.29) is 18.0 Å². The quantitative estimate of drug-likeness (QED) is 0.608. The Morgan fingerprint density at radius 2 is 1.81 bits per heavy atom. The molecule has 0 atom stereocenters. The number of nitrogens with zero attached hydrogens (tertiary/aromatic N) is 3. The van der Waals surface area contributed by atoms with Gasteiger partial charge in [0, 0.05) is 29.9 Å². The van der Waals surface area contributed by atoms with Gasteiger partial charge < -0.3 is 9.88 Å². The summed E-state index contributed by atoms with van der Waals surface area (Å²) in [5.74, 6) is -0.139. The number of aryl methyl sites for hydroxylation is 2. The molecule has 0 spiro atoms. The summed E-state index contributed by atoms with van der Waals surface area (Å²) in [6.45, 7) is 2.56. The number of aromatic nitrogens is 3. The molecule has 4 rings (SSSR count). The summed E-state index contributed by atoms with van der Waals surface area (Å²) < 4.78 is 3.07. The third-order valence-electron chi connectivity index (χ3n) is 4.91. The number of rotatable bonds is 4. The van der Waals surface area contributed by atoms with E-state index in [9.17, 15) is 9.59 Å². The Balaban J connectivity index is 1.70. The van der Waals surface area contributed by atoms with Crippen molar-refractivity contribution < 1.29 is 4.79 Å². The topological polar surface area (TPSA) is 68.9 Å². The lowest BCUT2D eigenvalue weighted by Gasteiger charge is -2.10.